The molecule has 1 aromatic heterocycles. The third-order valence-corrected chi connectivity index (χ3v) is 4.84. The lowest BCUT2D eigenvalue weighted by molar-refractivity contribution is 0.350. The maximum absolute atomic E-state index is 12.2. The number of aromatic nitrogens is 2. The second-order valence-corrected chi connectivity index (χ2v) is 6.97. The van der Waals surface area contributed by atoms with Gasteiger partial charge >= 0.3 is 0 Å². The first-order valence-electron chi connectivity index (χ1n) is 5.89. The molecule has 0 spiro atoms. The lowest BCUT2D eigenvalue weighted by atomic mass is 9.91. The van der Waals surface area contributed by atoms with Crippen LogP contribution in [0.15, 0.2) is 4.90 Å². The Balaban J connectivity index is 3.01. The van der Waals surface area contributed by atoms with Crippen LogP contribution < -0.4 is 10.5 Å². The van der Waals surface area contributed by atoms with Crippen LogP contribution in [0.3, 0.4) is 0 Å². The van der Waals surface area contributed by atoms with Gasteiger partial charge in [0.15, 0.2) is 5.82 Å². The molecule has 1 heterocycles. The number of nitrogens with two attached hydrogens (primary N) is 1. The summed E-state index contributed by atoms with van der Waals surface area (Å²) in [4.78, 5) is 0.0805. The van der Waals surface area contributed by atoms with Gasteiger partial charge in [-0.05, 0) is 18.8 Å². The smallest absolute Gasteiger partial charge is 0.246 e. The number of hydrogen-bond donors (Lipinski definition) is 2. The van der Waals surface area contributed by atoms with Gasteiger partial charge in [0.1, 0.15) is 4.90 Å². The molecule has 3 N–H and O–H groups in total. The molecule has 1 aromatic rings. The number of sulfonamides is 1. The number of rotatable bonds is 5. The first kappa shape index (κ1) is 15.0. The van der Waals surface area contributed by atoms with Gasteiger partial charge in [-0.1, -0.05) is 20.8 Å². The highest BCUT2D eigenvalue weighted by molar-refractivity contribution is 7.89. The summed E-state index contributed by atoms with van der Waals surface area (Å²) in [7, 11) is -1.94. The summed E-state index contributed by atoms with van der Waals surface area (Å²) in [6.07, 6.45) is 0.886. The van der Waals surface area contributed by atoms with Gasteiger partial charge in [-0.15, -0.1) is 0 Å². The van der Waals surface area contributed by atoms with Crippen molar-refractivity contribution < 1.29 is 8.42 Å². The number of aryl methyl sites for hydroxylation is 1. The van der Waals surface area contributed by atoms with Crippen LogP contribution in [-0.4, -0.2) is 24.7 Å². The van der Waals surface area contributed by atoms with Crippen molar-refractivity contribution in [2.75, 3.05) is 12.3 Å². The zero-order valence-corrected chi connectivity index (χ0v) is 12.4. The third-order valence-electron chi connectivity index (χ3n) is 3.27. The van der Waals surface area contributed by atoms with Crippen LogP contribution in [0.4, 0.5) is 5.82 Å². The van der Waals surface area contributed by atoms with Crippen molar-refractivity contribution in [1.82, 2.24) is 14.5 Å². The predicted molar refractivity (Wildman–Crippen MR) is 71.6 cm³/mol. The van der Waals surface area contributed by atoms with Crippen LogP contribution in [0.2, 0.25) is 0 Å². The Morgan fingerprint density at radius 2 is 2.00 bits per heavy atom. The highest BCUT2D eigenvalue weighted by atomic mass is 32.2. The van der Waals surface area contributed by atoms with Gasteiger partial charge in [-0.25, -0.2) is 13.1 Å². The summed E-state index contributed by atoms with van der Waals surface area (Å²) in [5, 5.41) is 3.92. The molecule has 0 atom stereocenters. The first-order chi connectivity index (χ1) is 8.10. The normalized spacial score (nSPS) is 12.9. The van der Waals surface area contributed by atoms with E-state index in [2.05, 4.69) is 9.82 Å². The monoisotopic (exact) mass is 274 g/mol. The molecule has 104 valence electrons. The molecule has 0 saturated carbocycles. The molecule has 6 nitrogen and oxygen atoms in total. The Labute approximate surface area is 109 Å². The molecule has 0 aliphatic rings. The number of nitrogens with zero attached hydrogens (tertiary/aromatic N) is 2. The fourth-order valence-electron chi connectivity index (χ4n) is 1.43. The van der Waals surface area contributed by atoms with Crippen LogP contribution in [-0.2, 0) is 17.1 Å². The lowest BCUT2D eigenvalue weighted by Gasteiger charge is -2.22. The molecular formula is C11H22N4O2S. The fraction of sp³-hybridized carbons (Fsp3) is 0.727. The van der Waals surface area contributed by atoms with Crippen molar-refractivity contribution in [3.05, 3.63) is 5.69 Å². The van der Waals surface area contributed by atoms with Gasteiger partial charge in [0.2, 0.25) is 10.0 Å². The van der Waals surface area contributed by atoms with E-state index in [4.69, 9.17) is 5.73 Å². The molecule has 0 aliphatic heterocycles. The second kappa shape index (κ2) is 4.89. The quantitative estimate of drug-likeness (QED) is 0.839. The average molecular weight is 274 g/mol. The number of hydrogen-bond acceptors (Lipinski definition) is 4. The predicted octanol–water partition coefficient (Wildman–Crippen LogP) is 1.03. The summed E-state index contributed by atoms with van der Waals surface area (Å²) in [6.45, 7) is 8.10. The van der Waals surface area contributed by atoms with Gasteiger partial charge in [-0.3, -0.25) is 4.68 Å². The molecule has 0 bridgehead atoms. The van der Waals surface area contributed by atoms with Crippen LogP contribution in [0.25, 0.3) is 0 Å². The fourth-order valence-corrected chi connectivity index (χ4v) is 3.00. The molecule has 0 saturated heterocycles. The molecule has 0 fully saturated rings. The minimum absolute atomic E-state index is 0.0387. The Kier molecular flexibility index (Phi) is 4.07. The van der Waals surface area contributed by atoms with Crippen LogP contribution in [0.1, 0.15) is 32.9 Å². The SMILES string of the molecule is CCC(C)(C)CNS(=O)(=O)c1c(N)nn(C)c1C. The Bertz CT molecular complexity index is 531. The summed E-state index contributed by atoms with van der Waals surface area (Å²) < 4.78 is 28.5. The van der Waals surface area contributed by atoms with E-state index in [1.165, 1.54) is 4.68 Å². The van der Waals surface area contributed by atoms with E-state index in [0.29, 0.717) is 12.2 Å². The number of nitrogens with one attached hydrogen (secondary N) is 1. The lowest BCUT2D eigenvalue weighted by Crippen LogP contribution is -2.34. The molecule has 18 heavy (non-hydrogen) atoms. The third kappa shape index (κ3) is 3.02. The maximum Gasteiger partial charge on any atom is 0.246 e. The van der Waals surface area contributed by atoms with Gasteiger partial charge in [0.05, 0.1) is 5.69 Å². The topological polar surface area (TPSA) is 90.0 Å². The summed E-state index contributed by atoms with van der Waals surface area (Å²) in [5.74, 6) is 0.0387. The van der Waals surface area contributed by atoms with Crippen LogP contribution >= 0.6 is 0 Å². The van der Waals surface area contributed by atoms with E-state index in [9.17, 15) is 8.42 Å². The highest BCUT2D eigenvalue weighted by Gasteiger charge is 2.26. The number of nitrogen functional groups attached to an aromatic ring is 1. The van der Waals surface area contributed by atoms with Crippen LogP contribution in [0, 0.1) is 12.3 Å². The molecule has 1 rings (SSSR count). The van der Waals surface area contributed by atoms with E-state index in [1.54, 1.807) is 14.0 Å². The zero-order valence-electron chi connectivity index (χ0n) is 11.6. The molecule has 0 amide bonds. The minimum atomic E-state index is -3.60. The van der Waals surface area contributed by atoms with Crippen LogP contribution in [0.5, 0.6) is 0 Å². The van der Waals surface area contributed by atoms with Crippen molar-refractivity contribution in [1.29, 1.82) is 0 Å². The van der Waals surface area contributed by atoms with E-state index >= 15 is 0 Å². The van der Waals surface area contributed by atoms with Crippen molar-refractivity contribution in [3.8, 4) is 0 Å². The van der Waals surface area contributed by atoms with Crippen molar-refractivity contribution in [2.24, 2.45) is 12.5 Å². The maximum atomic E-state index is 12.2. The van der Waals surface area contributed by atoms with E-state index in [-0.39, 0.29) is 16.1 Å². The van der Waals surface area contributed by atoms with Gasteiger partial charge in [-0.2, -0.15) is 5.10 Å². The Morgan fingerprint density at radius 1 is 1.44 bits per heavy atom. The summed E-state index contributed by atoms with van der Waals surface area (Å²) in [5.41, 5.74) is 6.10. The molecular weight excluding hydrogens is 252 g/mol. The zero-order chi connectivity index (χ0) is 14.1. The molecule has 0 radical (unpaired) electrons. The first-order valence-corrected chi connectivity index (χ1v) is 7.38. The van der Waals surface area contributed by atoms with E-state index in [0.717, 1.165) is 6.42 Å². The molecule has 0 unspecified atom stereocenters. The minimum Gasteiger partial charge on any atom is -0.381 e. The van der Waals surface area contributed by atoms with E-state index in [1.807, 2.05) is 20.8 Å². The second-order valence-electron chi connectivity index (χ2n) is 5.27. The summed E-state index contributed by atoms with van der Waals surface area (Å²) >= 11 is 0. The standard InChI is InChI=1S/C11H22N4O2S/c1-6-11(3,4)7-13-18(16,17)9-8(2)15(5)14-10(9)12/h13H,6-7H2,1-5H3,(H2,12,14). The van der Waals surface area contributed by atoms with Gasteiger partial charge in [0, 0.05) is 13.6 Å². The summed E-state index contributed by atoms with van der Waals surface area (Å²) in [6, 6.07) is 0. The highest BCUT2D eigenvalue weighted by Crippen LogP contribution is 2.23. The van der Waals surface area contributed by atoms with Gasteiger partial charge in [0.25, 0.3) is 0 Å². The Hall–Kier alpha value is -1.08. The van der Waals surface area contributed by atoms with Gasteiger partial charge < -0.3 is 5.73 Å². The van der Waals surface area contributed by atoms with E-state index < -0.39 is 10.0 Å². The number of anilines is 1. The van der Waals surface area contributed by atoms with Crippen molar-refractivity contribution in [3.63, 3.8) is 0 Å². The van der Waals surface area contributed by atoms with Crippen molar-refractivity contribution in [2.45, 2.75) is 39.0 Å². The molecule has 0 aliphatic carbocycles. The van der Waals surface area contributed by atoms with Crippen molar-refractivity contribution >= 4 is 15.8 Å². The molecule has 0 aromatic carbocycles. The largest absolute Gasteiger partial charge is 0.381 e. The Morgan fingerprint density at radius 3 is 2.39 bits per heavy atom. The average Bonchev–Trinajstić information content (AvgIpc) is 2.51. The molecule has 7 heteroatoms.